The largest absolute Gasteiger partial charge is 0.346 e. The molecule has 2 N–H and O–H groups in total. The molecule has 4 aromatic carbocycles. The second-order valence-electron chi connectivity index (χ2n) is 10.0. The summed E-state index contributed by atoms with van der Waals surface area (Å²) in [5.74, 6) is -0.0317. The Balaban J connectivity index is 1.35. The van der Waals surface area contributed by atoms with Crippen molar-refractivity contribution in [2.75, 3.05) is 0 Å². The molecule has 2 heterocycles. The predicted octanol–water partition coefficient (Wildman–Crippen LogP) is 8.55. The second kappa shape index (κ2) is 11.0. The van der Waals surface area contributed by atoms with Gasteiger partial charge in [-0.2, -0.15) is 0 Å². The summed E-state index contributed by atoms with van der Waals surface area (Å²) in [6.07, 6.45) is 3.65. The molecule has 0 spiro atoms. The Morgan fingerprint density at radius 1 is 0.700 bits per heavy atom. The minimum absolute atomic E-state index is 0.255. The average Bonchev–Trinajstić information content (AvgIpc) is 3.01. The van der Waals surface area contributed by atoms with E-state index >= 15 is 0 Å². The van der Waals surface area contributed by atoms with Crippen molar-refractivity contribution < 1.29 is 0 Å². The van der Waals surface area contributed by atoms with Crippen LogP contribution in [0.3, 0.4) is 0 Å². The van der Waals surface area contributed by atoms with Gasteiger partial charge in [0, 0.05) is 23.5 Å². The van der Waals surface area contributed by atoms with Crippen molar-refractivity contribution in [1.29, 1.82) is 5.41 Å². The van der Waals surface area contributed by atoms with Gasteiger partial charge in [0.15, 0.2) is 0 Å². The van der Waals surface area contributed by atoms with Crippen LogP contribution in [0.2, 0.25) is 0 Å². The van der Waals surface area contributed by atoms with Gasteiger partial charge in [-0.3, -0.25) is 10.4 Å². The van der Waals surface area contributed by atoms with Crippen LogP contribution in [0.5, 0.6) is 0 Å². The van der Waals surface area contributed by atoms with Crippen molar-refractivity contribution in [1.82, 2.24) is 9.97 Å². The summed E-state index contributed by atoms with van der Waals surface area (Å²) in [4.78, 5) is 12.8. The number of pyridine rings is 2. The first kappa shape index (κ1) is 25.2. The number of aryl methyl sites for hydroxylation is 1. The first-order valence-electron chi connectivity index (χ1n) is 13.5. The van der Waals surface area contributed by atoms with Gasteiger partial charge in [0.25, 0.3) is 0 Å². The number of hydrogen-bond donors (Lipinski definition) is 2. The fourth-order valence-corrected chi connectivity index (χ4v) is 5.19. The lowest BCUT2D eigenvalue weighted by molar-refractivity contribution is 0.924. The fraction of sp³-hybridized carbons (Fsp3) is 0.0833. The summed E-state index contributed by atoms with van der Waals surface area (Å²) in [5, 5.41) is 11.3. The Bertz CT molecular complexity index is 1900. The molecular formula is C36H30N4. The van der Waals surface area contributed by atoms with Crippen molar-refractivity contribution in [2.45, 2.75) is 19.8 Å². The molecule has 1 atom stereocenters. The molecule has 6 rings (SSSR count). The maximum absolute atomic E-state index is 8.95. The van der Waals surface area contributed by atoms with Crippen LogP contribution in [0.15, 0.2) is 133 Å². The van der Waals surface area contributed by atoms with Gasteiger partial charge in [0.1, 0.15) is 11.3 Å². The molecule has 4 nitrogen and oxygen atoms in total. The fourth-order valence-electron chi connectivity index (χ4n) is 5.19. The first-order valence-corrected chi connectivity index (χ1v) is 13.5. The van der Waals surface area contributed by atoms with Gasteiger partial charge in [0.2, 0.25) is 0 Å². The van der Waals surface area contributed by atoms with Gasteiger partial charge in [-0.25, -0.2) is 4.99 Å². The maximum Gasteiger partial charge on any atom is 0.139 e. The minimum Gasteiger partial charge on any atom is -0.346 e. The number of hydrogen-bond acceptors (Lipinski definition) is 2. The third-order valence-electron chi connectivity index (χ3n) is 7.42. The summed E-state index contributed by atoms with van der Waals surface area (Å²) in [6, 6.07) is 39.8. The molecule has 0 amide bonds. The number of nitrogens with zero attached hydrogens (tertiary/aromatic N) is 2. The van der Waals surface area contributed by atoms with Crippen LogP contribution in [-0.4, -0.2) is 15.8 Å². The number of nitrogens with one attached hydrogen (secondary N) is 2. The molecule has 0 unspecified atom stereocenters. The molecule has 0 fully saturated rings. The molecule has 0 saturated heterocycles. The highest BCUT2D eigenvalue weighted by atomic mass is 14.9. The molecular weight excluding hydrogens is 488 g/mol. The van der Waals surface area contributed by atoms with Crippen LogP contribution in [0, 0.1) is 12.3 Å². The third-order valence-corrected chi connectivity index (χ3v) is 7.42. The molecule has 0 saturated carbocycles. The standard InChI is InChI=1S/C36H30N4/c1-24-10-6-7-13-31(24)33-15-9-20-38-34(33)25(2)35(37)40-36-32(14-8-21-39-36)30-19-18-28-22-27(16-17-29(28)23-30)26-11-4-3-5-12-26/h3-23,25H,1-2H3,(H2,37,39,40)/t25-/m0/s1. The first-order chi connectivity index (χ1) is 19.6. The van der Waals surface area contributed by atoms with Crippen LogP contribution < -0.4 is 5.49 Å². The summed E-state index contributed by atoms with van der Waals surface area (Å²) in [5.41, 5.74) is 9.26. The van der Waals surface area contributed by atoms with Crippen molar-refractivity contribution in [3.8, 4) is 33.4 Å². The topological polar surface area (TPSA) is 64.9 Å². The van der Waals surface area contributed by atoms with Crippen molar-refractivity contribution in [3.05, 3.63) is 144 Å². The van der Waals surface area contributed by atoms with Gasteiger partial charge < -0.3 is 4.98 Å². The van der Waals surface area contributed by atoms with Gasteiger partial charge >= 0.3 is 0 Å². The Kier molecular flexibility index (Phi) is 6.90. The zero-order valence-electron chi connectivity index (χ0n) is 22.6. The lowest BCUT2D eigenvalue weighted by Gasteiger charge is -2.16. The molecule has 2 aromatic heterocycles. The van der Waals surface area contributed by atoms with E-state index in [0.717, 1.165) is 33.3 Å². The molecule has 0 bridgehead atoms. The number of benzene rings is 4. The van der Waals surface area contributed by atoms with E-state index < -0.39 is 0 Å². The van der Waals surface area contributed by atoms with Crippen molar-refractivity contribution in [2.24, 2.45) is 4.99 Å². The van der Waals surface area contributed by atoms with E-state index in [-0.39, 0.29) is 11.8 Å². The number of H-pyrrole nitrogens is 1. The molecule has 0 aliphatic carbocycles. The molecule has 4 heteroatoms. The van der Waals surface area contributed by atoms with Crippen LogP contribution >= 0.6 is 0 Å². The molecule has 0 aliphatic heterocycles. The SMILES string of the molecule is Cc1ccccc1-c1cccnc1[C@H](C)C(=N)/N=c1\[nH]cccc1-c1ccc2cc(-c3ccccc3)ccc2c1. The van der Waals surface area contributed by atoms with E-state index in [1.807, 2.05) is 49.5 Å². The van der Waals surface area contributed by atoms with E-state index in [1.54, 1.807) is 6.20 Å². The van der Waals surface area contributed by atoms with Crippen LogP contribution in [0.25, 0.3) is 44.2 Å². The summed E-state index contributed by atoms with van der Waals surface area (Å²) < 4.78 is 0. The number of aromatic nitrogens is 2. The van der Waals surface area contributed by atoms with E-state index in [4.69, 9.17) is 15.4 Å². The van der Waals surface area contributed by atoms with Crippen molar-refractivity contribution >= 4 is 16.6 Å². The summed E-state index contributed by atoms with van der Waals surface area (Å²) >= 11 is 0. The molecule has 6 aromatic rings. The quantitative estimate of drug-likeness (QED) is 0.174. The lowest BCUT2D eigenvalue weighted by Crippen LogP contribution is -2.17. The second-order valence-corrected chi connectivity index (χ2v) is 10.0. The third kappa shape index (κ3) is 4.99. The number of fused-ring (bicyclic) bond motifs is 1. The Morgan fingerprint density at radius 3 is 2.17 bits per heavy atom. The van der Waals surface area contributed by atoms with E-state index in [0.29, 0.717) is 5.49 Å². The number of aromatic amines is 1. The van der Waals surface area contributed by atoms with Crippen LogP contribution in [-0.2, 0) is 0 Å². The van der Waals surface area contributed by atoms with E-state index in [2.05, 4.69) is 90.8 Å². The molecule has 40 heavy (non-hydrogen) atoms. The van der Waals surface area contributed by atoms with Crippen molar-refractivity contribution in [3.63, 3.8) is 0 Å². The van der Waals surface area contributed by atoms with E-state index in [1.165, 1.54) is 22.1 Å². The smallest absolute Gasteiger partial charge is 0.139 e. The lowest BCUT2D eigenvalue weighted by atomic mass is 9.93. The highest BCUT2D eigenvalue weighted by Gasteiger charge is 2.18. The number of amidine groups is 1. The number of rotatable bonds is 5. The molecule has 0 radical (unpaired) electrons. The van der Waals surface area contributed by atoms with Crippen LogP contribution in [0.4, 0.5) is 0 Å². The summed E-state index contributed by atoms with van der Waals surface area (Å²) in [7, 11) is 0. The predicted molar refractivity (Wildman–Crippen MR) is 165 cm³/mol. The Morgan fingerprint density at radius 2 is 1.38 bits per heavy atom. The monoisotopic (exact) mass is 518 g/mol. The van der Waals surface area contributed by atoms with Gasteiger partial charge in [-0.1, -0.05) is 84.9 Å². The van der Waals surface area contributed by atoms with Gasteiger partial charge in [-0.15, -0.1) is 0 Å². The zero-order valence-corrected chi connectivity index (χ0v) is 22.6. The zero-order chi connectivity index (χ0) is 27.5. The minimum atomic E-state index is -0.287. The summed E-state index contributed by atoms with van der Waals surface area (Å²) in [6.45, 7) is 4.10. The highest BCUT2D eigenvalue weighted by Crippen LogP contribution is 2.31. The molecule has 194 valence electrons. The Hall–Kier alpha value is -5.09. The van der Waals surface area contributed by atoms with Gasteiger partial charge in [0.05, 0.1) is 11.6 Å². The molecule has 0 aliphatic rings. The average molecular weight is 519 g/mol. The van der Waals surface area contributed by atoms with Gasteiger partial charge in [-0.05, 0) is 82.8 Å². The van der Waals surface area contributed by atoms with E-state index in [9.17, 15) is 0 Å². The van der Waals surface area contributed by atoms with Crippen LogP contribution in [0.1, 0.15) is 24.1 Å². The maximum atomic E-state index is 8.95. The highest BCUT2D eigenvalue weighted by molar-refractivity contribution is 5.91. The normalized spacial score (nSPS) is 12.4. The Labute approximate surface area is 234 Å².